The van der Waals surface area contributed by atoms with Gasteiger partial charge in [0, 0.05) is 23.2 Å². The van der Waals surface area contributed by atoms with Gasteiger partial charge in [0.25, 0.3) is 0 Å². The number of pyridine rings is 1. The minimum absolute atomic E-state index is 0.00503. The van der Waals surface area contributed by atoms with Crippen LogP contribution in [0.5, 0.6) is 5.75 Å². The Morgan fingerprint density at radius 3 is 2.56 bits per heavy atom. The van der Waals surface area contributed by atoms with E-state index in [0.717, 1.165) is 22.5 Å². The predicted molar refractivity (Wildman–Crippen MR) is 104 cm³/mol. The average molecular weight is 327 g/mol. The number of hydrogen-bond acceptors (Lipinski definition) is 2. The van der Waals surface area contributed by atoms with Gasteiger partial charge in [-0.15, -0.1) is 0 Å². The van der Waals surface area contributed by atoms with E-state index < -0.39 is 0 Å². The van der Waals surface area contributed by atoms with Gasteiger partial charge < -0.3 is 9.72 Å². The Kier molecular flexibility index (Phi) is 3.82. The van der Waals surface area contributed by atoms with Crippen LogP contribution in [0.1, 0.15) is 11.3 Å². The summed E-state index contributed by atoms with van der Waals surface area (Å²) in [4.78, 5) is 15.6. The fraction of sp³-hybridized carbons (Fsp3) is 0.0455. The van der Waals surface area contributed by atoms with Crippen LogP contribution in [0.2, 0.25) is 0 Å². The van der Waals surface area contributed by atoms with E-state index in [1.54, 1.807) is 25.3 Å². The number of methoxy groups -OCH3 is 1. The van der Waals surface area contributed by atoms with Crippen molar-refractivity contribution in [2.24, 2.45) is 0 Å². The molecule has 0 unspecified atom stereocenters. The molecular weight excluding hydrogens is 310 g/mol. The molecule has 0 bridgehead atoms. The maximum Gasteiger partial charge on any atom is 0.189 e. The van der Waals surface area contributed by atoms with E-state index in [4.69, 9.17) is 4.74 Å². The second-order valence-corrected chi connectivity index (χ2v) is 5.94. The van der Waals surface area contributed by atoms with Crippen LogP contribution in [-0.2, 0) is 0 Å². The molecule has 3 heteroatoms. The Labute approximate surface area is 145 Å². The maximum atomic E-state index is 12.3. The lowest BCUT2D eigenvalue weighted by Crippen LogP contribution is -2.03. The molecule has 0 amide bonds. The summed E-state index contributed by atoms with van der Waals surface area (Å²) in [6.45, 7) is 0. The molecule has 0 aliphatic rings. The van der Waals surface area contributed by atoms with Crippen LogP contribution in [0.25, 0.3) is 33.8 Å². The highest BCUT2D eigenvalue weighted by Crippen LogP contribution is 2.19. The van der Waals surface area contributed by atoms with E-state index in [1.165, 1.54) is 10.8 Å². The highest BCUT2D eigenvalue weighted by atomic mass is 16.5. The van der Waals surface area contributed by atoms with Crippen LogP contribution < -0.4 is 10.2 Å². The molecule has 3 nitrogen and oxygen atoms in total. The first-order valence-electron chi connectivity index (χ1n) is 8.11. The summed E-state index contributed by atoms with van der Waals surface area (Å²) in [6, 6.07) is 21.6. The van der Waals surface area contributed by atoms with Gasteiger partial charge in [0.2, 0.25) is 0 Å². The minimum atomic E-state index is -0.00503. The molecule has 0 saturated carbocycles. The molecule has 0 fully saturated rings. The van der Waals surface area contributed by atoms with Crippen LogP contribution in [0.4, 0.5) is 0 Å². The van der Waals surface area contributed by atoms with E-state index in [9.17, 15) is 4.79 Å². The fourth-order valence-corrected chi connectivity index (χ4v) is 2.97. The van der Waals surface area contributed by atoms with Crippen LogP contribution in [-0.4, -0.2) is 12.1 Å². The van der Waals surface area contributed by atoms with Gasteiger partial charge in [-0.2, -0.15) is 0 Å². The number of rotatable bonds is 3. The second kappa shape index (κ2) is 6.29. The van der Waals surface area contributed by atoms with Crippen molar-refractivity contribution in [2.75, 3.05) is 7.11 Å². The standard InChI is InChI=1S/C22H17NO2/c1-25-19-10-11-20-21(14-19)23-18(13-22(20)24)9-7-15-6-8-16-4-2-3-5-17(16)12-15/h2-14H,1H3,(H,23,24)/b9-7+. The van der Waals surface area contributed by atoms with E-state index in [1.807, 2.05) is 30.4 Å². The monoisotopic (exact) mass is 327 g/mol. The molecule has 122 valence electrons. The lowest BCUT2D eigenvalue weighted by Gasteiger charge is -2.04. The summed E-state index contributed by atoms with van der Waals surface area (Å²) < 4.78 is 5.23. The third-order valence-corrected chi connectivity index (χ3v) is 4.29. The van der Waals surface area contributed by atoms with Gasteiger partial charge in [-0.3, -0.25) is 4.79 Å². The lowest BCUT2D eigenvalue weighted by molar-refractivity contribution is 0.415. The van der Waals surface area contributed by atoms with Crippen LogP contribution in [0, 0.1) is 0 Å². The molecule has 1 heterocycles. The summed E-state index contributed by atoms with van der Waals surface area (Å²) in [6.07, 6.45) is 3.92. The normalized spacial score (nSPS) is 11.4. The van der Waals surface area contributed by atoms with Gasteiger partial charge in [0.15, 0.2) is 5.43 Å². The summed E-state index contributed by atoms with van der Waals surface area (Å²) in [5.41, 5.74) is 2.61. The van der Waals surface area contributed by atoms with Gasteiger partial charge >= 0.3 is 0 Å². The Morgan fingerprint density at radius 1 is 0.880 bits per heavy atom. The van der Waals surface area contributed by atoms with Crippen molar-refractivity contribution in [3.05, 3.63) is 88.2 Å². The first-order valence-corrected chi connectivity index (χ1v) is 8.11. The Morgan fingerprint density at radius 2 is 1.72 bits per heavy atom. The summed E-state index contributed by atoms with van der Waals surface area (Å²) >= 11 is 0. The SMILES string of the molecule is COc1ccc2c(=O)cc(/C=C/c3ccc4ccccc4c3)[nH]c2c1. The van der Waals surface area contributed by atoms with E-state index in [-0.39, 0.29) is 5.43 Å². The van der Waals surface area contributed by atoms with Crippen molar-refractivity contribution in [3.8, 4) is 5.75 Å². The van der Waals surface area contributed by atoms with Crippen molar-refractivity contribution < 1.29 is 4.74 Å². The molecule has 0 saturated heterocycles. The van der Waals surface area contributed by atoms with E-state index in [0.29, 0.717) is 5.39 Å². The molecule has 3 aromatic carbocycles. The molecule has 1 aromatic heterocycles. The highest BCUT2D eigenvalue weighted by molar-refractivity contribution is 5.86. The van der Waals surface area contributed by atoms with Crippen molar-refractivity contribution in [1.82, 2.24) is 4.98 Å². The number of nitrogens with one attached hydrogen (secondary N) is 1. The van der Waals surface area contributed by atoms with Crippen molar-refractivity contribution in [1.29, 1.82) is 0 Å². The number of fused-ring (bicyclic) bond motifs is 2. The summed E-state index contributed by atoms with van der Waals surface area (Å²) in [5, 5.41) is 3.07. The van der Waals surface area contributed by atoms with Crippen molar-refractivity contribution in [2.45, 2.75) is 0 Å². The fourth-order valence-electron chi connectivity index (χ4n) is 2.97. The first-order chi connectivity index (χ1) is 12.2. The summed E-state index contributed by atoms with van der Waals surface area (Å²) in [5.74, 6) is 0.721. The zero-order valence-electron chi connectivity index (χ0n) is 13.8. The quantitative estimate of drug-likeness (QED) is 0.584. The number of hydrogen-bond donors (Lipinski definition) is 1. The largest absolute Gasteiger partial charge is 0.497 e. The number of ether oxygens (including phenoxy) is 1. The Bertz CT molecular complexity index is 1160. The van der Waals surface area contributed by atoms with Crippen LogP contribution in [0.3, 0.4) is 0 Å². The van der Waals surface area contributed by atoms with Crippen LogP contribution >= 0.6 is 0 Å². The molecule has 1 N–H and O–H groups in total. The molecule has 4 aromatic rings. The third-order valence-electron chi connectivity index (χ3n) is 4.29. The van der Waals surface area contributed by atoms with Gasteiger partial charge in [0.05, 0.1) is 12.6 Å². The molecule has 0 aliphatic heterocycles. The predicted octanol–water partition coefficient (Wildman–Crippen LogP) is 4.86. The second-order valence-electron chi connectivity index (χ2n) is 5.94. The zero-order valence-corrected chi connectivity index (χ0v) is 13.8. The number of aromatic nitrogens is 1. The third kappa shape index (κ3) is 3.04. The highest BCUT2D eigenvalue weighted by Gasteiger charge is 2.02. The Hall–Kier alpha value is -3.33. The number of benzene rings is 3. The number of H-pyrrole nitrogens is 1. The maximum absolute atomic E-state index is 12.3. The number of aromatic amines is 1. The molecule has 0 spiro atoms. The molecule has 0 atom stereocenters. The molecule has 0 radical (unpaired) electrons. The van der Waals surface area contributed by atoms with Gasteiger partial charge in [-0.05, 0) is 40.6 Å². The van der Waals surface area contributed by atoms with Crippen molar-refractivity contribution >= 4 is 33.8 Å². The molecule has 4 rings (SSSR count). The van der Waals surface area contributed by atoms with E-state index in [2.05, 4.69) is 35.3 Å². The summed E-state index contributed by atoms with van der Waals surface area (Å²) in [7, 11) is 1.61. The zero-order chi connectivity index (χ0) is 17.2. The van der Waals surface area contributed by atoms with E-state index >= 15 is 0 Å². The Balaban J connectivity index is 1.73. The minimum Gasteiger partial charge on any atom is -0.497 e. The molecule has 25 heavy (non-hydrogen) atoms. The van der Waals surface area contributed by atoms with Gasteiger partial charge in [-0.25, -0.2) is 0 Å². The smallest absolute Gasteiger partial charge is 0.189 e. The average Bonchev–Trinajstić information content (AvgIpc) is 2.65. The molecular formula is C22H17NO2. The van der Waals surface area contributed by atoms with Gasteiger partial charge in [-0.1, -0.05) is 42.5 Å². The lowest BCUT2D eigenvalue weighted by atomic mass is 10.1. The van der Waals surface area contributed by atoms with Crippen molar-refractivity contribution in [3.63, 3.8) is 0 Å². The first kappa shape index (κ1) is 15.2. The van der Waals surface area contributed by atoms with Crippen LogP contribution in [0.15, 0.2) is 71.5 Å². The topological polar surface area (TPSA) is 42.1 Å². The van der Waals surface area contributed by atoms with Gasteiger partial charge in [0.1, 0.15) is 5.75 Å². The molecule has 0 aliphatic carbocycles.